The molecule has 0 aromatic carbocycles. The maximum absolute atomic E-state index is 11.5. The molecule has 0 bridgehead atoms. The van der Waals surface area contributed by atoms with Crippen molar-refractivity contribution in [3.63, 3.8) is 0 Å². The van der Waals surface area contributed by atoms with Crippen LogP contribution in [0.15, 0.2) is 0 Å². The molecule has 1 aliphatic heterocycles. The summed E-state index contributed by atoms with van der Waals surface area (Å²) in [5.74, 6) is -0.0101. The molecule has 0 spiro atoms. The summed E-state index contributed by atoms with van der Waals surface area (Å²) in [7, 11) is 0. The Morgan fingerprint density at radius 3 is 2.48 bits per heavy atom. The van der Waals surface area contributed by atoms with Crippen molar-refractivity contribution in [3.05, 3.63) is 0 Å². The monoisotopic (exact) mass is 297 g/mol. The smallest absolute Gasteiger partial charge is 0.305 e. The largest absolute Gasteiger partial charge is 0.466 e. The second kappa shape index (κ2) is 13.1. The average Bonchev–Trinajstić information content (AvgIpc) is 2.51. The highest BCUT2D eigenvalue weighted by atomic mass is 16.5. The molecular weight excluding hydrogens is 264 g/mol. The van der Waals surface area contributed by atoms with Crippen LogP contribution in [0.2, 0.25) is 0 Å². The standard InChI is InChI=1S/C17H33N2O2/c1-2-3-4-9-16-21-17(20)10-7-5-6-8-13-19-14-11-18-12-15-19/h2-16H2,1H3. The Labute approximate surface area is 130 Å². The van der Waals surface area contributed by atoms with Crippen LogP contribution in [0.25, 0.3) is 0 Å². The lowest BCUT2D eigenvalue weighted by Gasteiger charge is -2.26. The fraction of sp³-hybridized carbons (Fsp3) is 0.941. The minimum Gasteiger partial charge on any atom is -0.466 e. The zero-order valence-corrected chi connectivity index (χ0v) is 13.8. The van der Waals surface area contributed by atoms with E-state index in [-0.39, 0.29) is 5.97 Å². The molecule has 1 saturated heterocycles. The van der Waals surface area contributed by atoms with Crippen LogP contribution in [0, 0.1) is 0 Å². The Bertz CT molecular complexity index is 253. The second-order valence-corrected chi connectivity index (χ2v) is 5.96. The van der Waals surface area contributed by atoms with E-state index < -0.39 is 0 Å². The molecule has 21 heavy (non-hydrogen) atoms. The number of piperazine rings is 1. The Kier molecular flexibility index (Phi) is 11.5. The highest BCUT2D eigenvalue weighted by Gasteiger charge is 2.09. The molecule has 1 heterocycles. The first-order valence-electron chi connectivity index (χ1n) is 8.84. The van der Waals surface area contributed by atoms with E-state index in [0.29, 0.717) is 13.0 Å². The third-order valence-corrected chi connectivity index (χ3v) is 4.01. The zero-order valence-electron chi connectivity index (χ0n) is 13.8. The van der Waals surface area contributed by atoms with Gasteiger partial charge >= 0.3 is 5.97 Å². The number of carbonyl (C=O) groups is 1. The van der Waals surface area contributed by atoms with E-state index in [1.54, 1.807) is 0 Å². The molecule has 1 fully saturated rings. The van der Waals surface area contributed by atoms with Gasteiger partial charge in [0.2, 0.25) is 0 Å². The lowest BCUT2D eigenvalue weighted by molar-refractivity contribution is -0.143. The first-order chi connectivity index (χ1) is 10.3. The van der Waals surface area contributed by atoms with Crippen molar-refractivity contribution in [3.8, 4) is 0 Å². The Hall–Kier alpha value is -0.610. The number of ether oxygens (including phenoxy) is 1. The molecule has 0 amide bonds. The lowest BCUT2D eigenvalue weighted by atomic mass is 10.1. The highest BCUT2D eigenvalue weighted by Crippen LogP contribution is 2.07. The Morgan fingerprint density at radius 2 is 1.71 bits per heavy atom. The van der Waals surface area contributed by atoms with Crippen LogP contribution < -0.4 is 5.32 Å². The van der Waals surface area contributed by atoms with Crippen LogP contribution in [0.5, 0.6) is 0 Å². The number of unbranched alkanes of at least 4 members (excludes halogenated alkanes) is 6. The van der Waals surface area contributed by atoms with Crippen molar-refractivity contribution in [2.75, 3.05) is 39.3 Å². The molecule has 0 saturated carbocycles. The summed E-state index contributed by atoms with van der Waals surface area (Å²) >= 11 is 0. The van der Waals surface area contributed by atoms with E-state index >= 15 is 0 Å². The number of rotatable bonds is 12. The molecule has 1 aliphatic rings. The van der Waals surface area contributed by atoms with E-state index in [9.17, 15) is 4.79 Å². The summed E-state index contributed by atoms with van der Waals surface area (Å²) in [5, 5.41) is 4.35. The lowest BCUT2D eigenvalue weighted by Crippen LogP contribution is -2.40. The van der Waals surface area contributed by atoms with Crippen molar-refractivity contribution in [1.29, 1.82) is 0 Å². The van der Waals surface area contributed by atoms with Gasteiger partial charge in [0.1, 0.15) is 0 Å². The van der Waals surface area contributed by atoms with Crippen LogP contribution in [-0.2, 0) is 9.53 Å². The third-order valence-electron chi connectivity index (χ3n) is 4.01. The van der Waals surface area contributed by atoms with Gasteiger partial charge in [-0.25, -0.2) is 5.32 Å². The first kappa shape index (κ1) is 18.4. The summed E-state index contributed by atoms with van der Waals surface area (Å²) in [6.45, 7) is 8.26. The molecule has 4 heteroatoms. The van der Waals surface area contributed by atoms with Gasteiger partial charge in [-0.1, -0.05) is 39.0 Å². The molecule has 0 aromatic heterocycles. The van der Waals surface area contributed by atoms with Gasteiger partial charge in [-0.15, -0.1) is 0 Å². The molecule has 0 aromatic rings. The average molecular weight is 297 g/mol. The molecule has 123 valence electrons. The van der Waals surface area contributed by atoms with Gasteiger partial charge < -0.3 is 9.64 Å². The number of nitrogens with zero attached hydrogens (tertiary/aromatic N) is 2. The summed E-state index contributed by atoms with van der Waals surface area (Å²) < 4.78 is 5.23. The molecule has 0 atom stereocenters. The zero-order chi connectivity index (χ0) is 15.2. The second-order valence-electron chi connectivity index (χ2n) is 5.96. The van der Waals surface area contributed by atoms with E-state index in [1.807, 2.05) is 0 Å². The van der Waals surface area contributed by atoms with Gasteiger partial charge in [-0.05, 0) is 25.8 Å². The van der Waals surface area contributed by atoms with Crippen molar-refractivity contribution >= 4 is 5.97 Å². The summed E-state index contributed by atoms with van der Waals surface area (Å²) in [6.07, 6.45) is 9.82. The number of hydrogen-bond acceptors (Lipinski definition) is 3. The van der Waals surface area contributed by atoms with Crippen LogP contribution in [0.3, 0.4) is 0 Å². The number of esters is 1. The van der Waals surface area contributed by atoms with Crippen LogP contribution in [0.1, 0.15) is 64.7 Å². The minimum atomic E-state index is -0.0101. The van der Waals surface area contributed by atoms with Gasteiger partial charge in [0.25, 0.3) is 0 Å². The normalized spacial score (nSPS) is 16.0. The van der Waals surface area contributed by atoms with E-state index in [0.717, 1.165) is 45.4 Å². The first-order valence-corrected chi connectivity index (χ1v) is 8.84. The Balaban J connectivity index is 1.81. The third kappa shape index (κ3) is 10.7. The summed E-state index contributed by atoms with van der Waals surface area (Å²) in [4.78, 5) is 14.0. The van der Waals surface area contributed by atoms with Gasteiger partial charge in [0, 0.05) is 32.6 Å². The van der Waals surface area contributed by atoms with Crippen LogP contribution in [-0.4, -0.2) is 50.2 Å². The van der Waals surface area contributed by atoms with E-state index in [1.165, 1.54) is 38.6 Å². The molecule has 1 radical (unpaired) electrons. The van der Waals surface area contributed by atoms with E-state index in [2.05, 4.69) is 17.1 Å². The van der Waals surface area contributed by atoms with Crippen molar-refractivity contribution in [1.82, 2.24) is 10.2 Å². The molecular formula is C17H33N2O2. The quantitative estimate of drug-likeness (QED) is 0.411. The van der Waals surface area contributed by atoms with Crippen molar-refractivity contribution in [2.24, 2.45) is 0 Å². The predicted molar refractivity (Wildman–Crippen MR) is 86.5 cm³/mol. The van der Waals surface area contributed by atoms with Gasteiger partial charge in [0.05, 0.1) is 6.61 Å². The summed E-state index contributed by atoms with van der Waals surface area (Å²) in [6, 6.07) is 0. The molecule has 4 nitrogen and oxygen atoms in total. The number of hydrogen-bond donors (Lipinski definition) is 0. The van der Waals surface area contributed by atoms with Crippen molar-refractivity contribution in [2.45, 2.75) is 64.7 Å². The fourth-order valence-electron chi connectivity index (χ4n) is 2.62. The van der Waals surface area contributed by atoms with Crippen LogP contribution >= 0.6 is 0 Å². The topological polar surface area (TPSA) is 43.6 Å². The maximum atomic E-state index is 11.5. The molecule has 0 N–H and O–H groups in total. The predicted octanol–water partition coefficient (Wildman–Crippen LogP) is 2.98. The van der Waals surface area contributed by atoms with Crippen molar-refractivity contribution < 1.29 is 9.53 Å². The SMILES string of the molecule is CCCCCCOC(=O)CCCCCCN1CC[N]CC1. The van der Waals surface area contributed by atoms with Gasteiger partial charge in [0.15, 0.2) is 0 Å². The summed E-state index contributed by atoms with van der Waals surface area (Å²) in [5.41, 5.74) is 0. The molecule has 1 rings (SSSR count). The Morgan fingerprint density at radius 1 is 1.00 bits per heavy atom. The number of carbonyl (C=O) groups excluding carboxylic acids is 1. The molecule has 0 aliphatic carbocycles. The highest BCUT2D eigenvalue weighted by molar-refractivity contribution is 5.69. The molecule has 0 unspecified atom stereocenters. The van der Waals surface area contributed by atoms with Gasteiger partial charge in [-0.3, -0.25) is 4.79 Å². The fourth-order valence-corrected chi connectivity index (χ4v) is 2.62. The van der Waals surface area contributed by atoms with E-state index in [4.69, 9.17) is 4.74 Å². The van der Waals surface area contributed by atoms with Gasteiger partial charge in [-0.2, -0.15) is 0 Å². The minimum absolute atomic E-state index is 0.0101. The maximum Gasteiger partial charge on any atom is 0.305 e. The van der Waals surface area contributed by atoms with Crippen LogP contribution in [0.4, 0.5) is 0 Å².